The van der Waals surface area contributed by atoms with Gasteiger partial charge in [0, 0.05) is 11.2 Å². The Kier molecular flexibility index (Phi) is 5.53. The summed E-state index contributed by atoms with van der Waals surface area (Å²) in [6.45, 7) is 0.937. The highest BCUT2D eigenvalue weighted by Gasteiger charge is 2.09. The summed E-state index contributed by atoms with van der Waals surface area (Å²) < 4.78 is 7.10. The number of benzene rings is 1. The Labute approximate surface area is 144 Å². The van der Waals surface area contributed by atoms with Gasteiger partial charge in [-0.1, -0.05) is 29.8 Å². The molecule has 3 rings (SSSR count). The molecule has 3 aromatic rings. The molecule has 24 heavy (non-hydrogen) atoms. The number of halogens is 1. The maximum Gasteiger partial charge on any atom is 0.199 e. The van der Waals surface area contributed by atoms with Gasteiger partial charge in [0.2, 0.25) is 0 Å². The molecule has 6 nitrogen and oxygen atoms in total. The van der Waals surface area contributed by atoms with Crippen molar-refractivity contribution in [2.45, 2.75) is 19.3 Å². The van der Waals surface area contributed by atoms with E-state index in [0.29, 0.717) is 29.7 Å². The van der Waals surface area contributed by atoms with Crippen molar-refractivity contribution in [3.05, 3.63) is 65.6 Å². The van der Waals surface area contributed by atoms with E-state index in [9.17, 15) is 5.11 Å². The van der Waals surface area contributed by atoms with E-state index in [1.807, 2.05) is 42.5 Å². The van der Waals surface area contributed by atoms with Gasteiger partial charge in [-0.15, -0.1) is 5.10 Å². The third-order valence-electron chi connectivity index (χ3n) is 3.32. The molecule has 0 bridgehead atoms. The average molecular weight is 345 g/mol. The van der Waals surface area contributed by atoms with Crippen molar-refractivity contribution in [2.24, 2.45) is 0 Å². The maximum atomic E-state index is 10.1. The van der Waals surface area contributed by atoms with Gasteiger partial charge < -0.3 is 9.84 Å². The highest BCUT2D eigenvalue weighted by atomic mass is 35.5. The van der Waals surface area contributed by atoms with Crippen LogP contribution in [0.15, 0.2) is 55.0 Å². The van der Waals surface area contributed by atoms with Crippen molar-refractivity contribution >= 4 is 11.6 Å². The Hall–Kier alpha value is -2.28. The summed E-state index contributed by atoms with van der Waals surface area (Å²) in [7, 11) is 0. The summed E-state index contributed by atoms with van der Waals surface area (Å²) in [5.41, 5.74) is 1.70. The van der Waals surface area contributed by atoms with Crippen molar-refractivity contribution in [3.63, 3.8) is 0 Å². The second-order valence-corrected chi connectivity index (χ2v) is 5.74. The van der Waals surface area contributed by atoms with Crippen LogP contribution >= 0.6 is 11.6 Å². The SMILES string of the molecule is O[C@H](COCc1ccc(Cl)cc1)Cn1cnc(-c2ccccn2)n1. The van der Waals surface area contributed by atoms with E-state index in [0.717, 1.165) is 5.56 Å². The topological polar surface area (TPSA) is 73.1 Å². The molecule has 0 fully saturated rings. The van der Waals surface area contributed by atoms with Crippen LogP contribution in [0.2, 0.25) is 5.02 Å². The largest absolute Gasteiger partial charge is 0.389 e. The number of aromatic nitrogens is 4. The van der Waals surface area contributed by atoms with Crippen molar-refractivity contribution < 1.29 is 9.84 Å². The Morgan fingerprint density at radius 2 is 1.96 bits per heavy atom. The lowest BCUT2D eigenvalue weighted by atomic mass is 10.2. The van der Waals surface area contributed by atoms with Crippen LogP contribution in [-0.4, -0.2) is 37.6 Å². The molecule has 2 heterocycles. The summed E-state index contributed by atoms with van der Waals surface area (Å²) in [5.74, 6) is 0.532. The number of ether oxygens (including phenoxy) is 1. The van der Waals surface area contributed by atoms with E-state index in [4.69, 9.17) is 16.3 Å². The molecule has 1 atom stereocenters. The Morgan fingerprint density at radius 3 is 2.71 bits per heavy atom. The molecule has 0 unspecified atom stereocenters. The highest BCUT2D eigenvalue weighted by Crippen LogP contribution is 2.11. The van der Waals surface area contributed by atoms with Crippen LogP contribution in [0.25, 0.3) is 11.5 Å². The number of rotatable bonds is 7. The first kappa shape index (κ1) is 16.6. The summed E-state index contributed by atoms with van der Waals surface area (Å²) in [6.07, 6.45) is 2.60. The van der Waals surface area contributed by atoms with Gasteiger partial charge in [-0.25, -0.2) is 9.67 Å². The molecule has 7 heteroatoms. The van der Waals surface area contributed by atoms with Gasteiger partial charge in [0.25, 0.3) is 0 Å². The van der Waals surface area contributed by atoms with Crippen LogP contribution in [0.3, 0.4) is 0 Å². The number of pyridine rings is 1. The highest BCUT2D eigenvalue weighted by molar-refractivity contribution is 6.30. The van der Waals surface area contributed by atoms with Crippen molar-refractivity contribution in [1.29, 1.82) is 0 Å². The van der Waals surface area contributed by atoms with E-state index < -0.39 is 6.10 Å². The van der Waals surface area contributed by atoms with Gasteiger partial charge in [-0.05, 0) is 29.8 Å². The second-order valence-electron chi connectivity index (χ2n) is 5.30. The van der Waals surface area contributed by atoms with Crippen molar-refractivity contribution in [1.82, 2.24) is 19.7 Å². The summed E-state index contributed by atoms with van der Waals surface area (Å²) >= 11 is 5.83. The number of hydrogen-bond acceptors (Lipinski definition) is 5. The molecule has 0 aliphatic heterocycles. The quantitative estimate of drug-likeness (QED) is 0.713. The number of nitrogens with zero attached hydrogens (tertiary/aromatic N) is 4. The zero-order valence-corrected chi connectivity index (χ0v) is 13.7. The van der Waals surface area contributed by atoms with E-state index in [1.165, 1.54) is 0 Å². The molecular weight excluding hydrogens is 328 g/mol. The van der Waals surface area contributed by atoms with Crippen LogP contribution < -0.4 is 0 Å². The molecule has 0 saturated carbocycles. The van der Waals surface area contributed by atoms with Gasteiger partial charge >= 0.3 is 0 Å². The lowest BCUT2D eigenvalue weighted by Gasteiger charge is -2.11. The number of hydrogen-bond donors (Lipinski definition) is 1. The monoisotopic (exact) mass is 344 g/mol. The molecule has 1 aromatic carbocycles. The van der Waals surface area contributed by atoms with Crippen LogP contribution in [0.1, 0.15) is 5.56 Å². The van der Waals surface area contributed by atoms with Gasteiger partial charge in [0.05, 0.1) is 25.9 Å². The Morgan fingerprint density at radius 1 is 1.12 bits per heavy atom. The average Bonchev–Trinajstić information content (AvgIpc) is 3.06. The van der Waals surface area contributed by atoms with Crippen molar-refractivity contribution in [2.75, 3.05) is 6.61 Å². The fourth-order valence-electron chi connectivity index (χ4n) is 2.16. The molecule has 1 N–H and O–H groups in total. The Bertz CT molecular complexity index is 762. The van der Waals surface area contributed by atoms with Crippen molar-refractivity contribution in [3.8, 4) is 11.5 Å². The van der Waals surface area contributed by atoms with E-state index in [2.05, 4.69) is 15.1 Å². The molecule has 0 aliphatic carbocycles. The predicted octanol–water partition coefficient (Wildman–Crippen LogP) is 2.57. The predicted molar refractivity (Wildman–Crippen MR) is 90.4 cm³/mol. The fraction of sp³-hybridized carbons (Fsp3) is 0.235. The molecule has 124 valence electrons. The van der Waals surface area contributed by atoms with Gasteiger partial charge in [0.1, 0.15) is 12.0 Å². The lowest BCUT2D eigenvalue weighted by molar-refractivity contribution is 0.0187. The zero-order valence-electron chi connectivity index (χ0n) is 12.9. The van der Waals surface area contributed by atoms with Crippen LogP contribution in [-0.2, 0) is 17.9 Å². The molecule has 2 aromatic heterocycles. The summed E-state index contributed by atoms with van der Waals surface area (Å²) in [5, 5.41) is 15.1. The standard InChI is InChI=1S/C17H17ClN4O2/c18-14-6-4-13(5-7-14)10-24-11-15(23)9-22-12-20-17(21-22)16-3-1-2-8-19-16/h1-8,12,15,23H,9-11H2/t15-/m0/s1. The molecule has 0 aliphatic rings. The smallest absolute Gasteiger partial charge is 0.199 e. The Balaban J connectivity index is 1.47. The van der Waals surface area contributed by atoms with Crippen LogP contribution in [0, 0.1) is 0 Å². The first-order chi connectivity index (χ1) is 11.7. The lowest BCUT2D eigenvalue weighted by Crippen LogP contribution is -2.22. The van der Waals surface area contributed by atoms with E-state index in [-0.39, 0.29) is 6.61 Å². The second kappa shape index (κ2) is 8.01. The fourth-order valence-corrected chi connectivity index (χ4v) is 2.28. The summed E-state index contributed by atoms with van der Waals surface area (Å²) in [4.78, 5) is 8.40. The third-order valence-corrected chi connectivity index (χ3v) is 3.57. The summed E-state index contributed by atoms with van der Waals surface area (Å²) in [6, 6.07) is 13.0. The molecule has 0 amide bonds. The van der Waals surface area contributed by atoms with Gasteiger partial charge in [0.15, 0.2) is 5.82 Å². The molecular formula is C17H17ClN4O2. The molecule has 0 saturated heterocycles. The normalized spacial score (nSPS) is 12.2. The van der Waals surface area contributed by atoms with E-state index >= 15 is 0 Å². The zero-order chi connectivity index (χ0) is 16.8. The third kappa shape index (κ3) is 4.61. The minimum Gasteiger partial charge on any atom is -0.389 e. The van der Waals surface area contributed by atoms with E-state index in [1.54, 1.807) is 17.2 Å². The van der Waals surface area contributed by atoms with Crippen LogP contribution in [0.4, 0.5) is 0 Å². The van der Waals surface area contributed by atoms with Gasteiger partial charge in [-0.2, -0.15) is 0 Å². The number of aliphatic hydroxyl groups is 1. The molecule has 0 radical (unpaired) electrons. The van der Waals surface area contributed by atoms with Crippen LogP contribution in [0.5, 0.6) is 0 Å². The maximum absolute atomic E-state index is 10.1. The van der Waals surface area contributed by atoms with Gasteiger partial charge in [-0.3, -0.25) is 4.98 Å². The minimum atomic E-state index is -0.671. The number of aliphatic hydroxyl groups excluding tert-OH is 1. The first-order valence-corrected chi connectivity index (χ1v) is 7.89. The minimum absolute atomic E-state index is 0.210. The molecule has 0 spiro atoms. The first-order valence-electron chi connectivity index (χ1n) is 7.52.